The summed E-state index contributed by atoms with van der Waals surface area (Å²) in [4.78, 5) is 4.42. The zero-order chi connectivity index (χ0) is 12.4. The number of rotatable bonds is 5. The van der Waals surface area contributed by atoms with E-state index >= 15 is 0 Å². The summed E-state index contributed by atoms with van der Waals surface area (Å²) in [7, 11) is 0. The van der Waals surface area contributed by atoms with E-state index < -0.39 is 6.10 Å². The number of aromatic amines is 1. The highest BCUT2D eigenvalue weighted by Crippen LogP contribution is 2.38. The van der Waals surface area contributed by atoms with Crippen LogP contribution in [0.25, 0.3) is 0 Å². The van der Waals surface area contributed by atoms with Gasteiger partial charge in [0.2, 0.25) is 5.16 Å². The van der Waals surface area contributed by atoms with E-state index in [1.807, 2.05) is 30.3 Å². The molecule has 94 valence electrons. The maximum absolute atomic E-state index is 10.0. The van der Waals surface area contributed by atoms with Gasteiger partial charge in [0.15, 0.2) is 0 Å². The first kappa shape index (κ1) is 11.7. The first-order valence-electron chi connectivity index (χ1n) is 6.11. The van der Waals surface area contributed by atoms with E-state index in [0.717, 1.165) is 16.5 Å². The molecule has 2 aromatic rings. The normalized spacial score (nSPS) is 16.7. The topological polar surface area (TPSA) is 61.8 Å². The minimum Gasteiger partial charge on any atom is -0.388 e. The summed E-state index contributed by atoms with van der Waals surface area (Å²) >= 11 is 1.49. The second kappa shape index (κ2) is 5.12. The Morgan fingerprint density at radius 2 is 2.11 bits per heavy atom. The molecule has 0 bridgehead atoms. The molecule has 1 heterocycles. The minimum absolute atomic E-state index is 0.473. The van der Waals surface area contributed by atoms with E-state index in [2.05, 4.69) is 15.2 Å². The van der Waals surface area contributed by atoms with Gasteiger partial charge in [0.1, 0.15) is 5.82 Å². The second-order valence-corrected chi connectivity index (χ2v) is 5.50. The Hall–Kier alpha value is -1.33. The molecule has 0 spiro atoms. The van der Waals surface area contributed by atoms with E-state index in [0.29, 0.717) is 11.7 Å². The average Bonchev–Trinajstić information content (AvgIpc) is 3.16. The van der Waals surface area contributed by atoms with Crippen LogP contribution in [0, 0.1) is 0 Å². The van der Waals surface area contributed by atoms with E-state index in [1.165, 1.54) is 24.6 Å². The maximum atomic E-state index is 10.0. The van der Waals surface area contributed by atoms with Crippen molar-refractivity contribution in [3.05, 3.63) is 41.7 Å². The Bertz CT molecular complexity index is 510. The Morgan fingerprint density at radius 3 is 2.83 bits per heavy atom. The van der Waals surface area contributed by atoms with Crippen molar-refractivity contribution >= 4 is 11.8 Å². The van der Waals surface area contributed by atoms with Crippen molar-refractivity contribution in [2.45, 2.75) is 30.0 Å². The Balaban J connectivity index is 1.56. The van der Waals surface area contributed by atoms with Crippen LogP contribution in [0.5, 0.6) is 0 Å². The molecule has 0 aliphatic heterocycles. The monoisotopic (exact) mass is 261 g/mol. The van der Waals surface area contributed by atoms with Crippen LogP contribution in [0.3, 0.4) is 0 Å². The van der Waals surface area contributed by atoms with Gasteiger partial charge in [0.25, 0.3) is 0 Å². The van der Waals surface area contributed by atoms with Crippen LogP contribution in [-0.2, 0) is 0 Å². The molecular weight excluding hydrogens is 246 g/mol. The largest absolute Gasteiger partial charge is 0.388 e. The van der Waals surface area contributed by atoms with Crippen LogP contribution in [0.4, 0.5) is 0 Å². The Labute approximate surface area is 110 Å². The van der Waals surface area contributed by atoms with Crippen molar-refractivity contribution in [3.8, 4) is 0 Å². The summed E-state index contributed by atoms with van der Waals surface area (Å²) < 4.78 is 0. The molecule has 2 N–H and O–H groups in total. The fraction of sp³-hybridized carbons (Fsp3) is 0.385. The molecule has 0 radical (unpaired) electrons. The predicted octanol–water partition coefficient (Wildman–Crippen LogP) is 2.51. The Morgan fingerprint density at radius 1 is 1.33 bits per heavy atom. The summed E-state index contributed by atoms with van der Waals surface area (Å²) in [5.41, 5.74) is 0.933. The van der Waals surface area contributed by atoms with Crippen LogP contribution >= 0.6 is 11.8 Å². The molecule has 3 rings (SSSR count). The van der Waals surface area contributed by atoms with Crippen LogP contribution in [-0.4, -0.2) is 26.0 Å². The molecule has 1 aromatic heterocycles. The first-order chi connectivity index (χ1) is 8.83. The van der Waals surface area contributed by atoms with Crippen molar-refractivity contribution in [2.75, 3.05) is 5.75 Å². The quantitative estimate of drug-likeness (QED) is 0.812. The summed E-state index contributed by atoms with van der Waals surface area (Å²) in [5, 5.41) is 17.9. The lowest BCUT2D eigenvalue weighted by atomic mass is 10.1. The first-order valence-corrected chi connectivity index (χ1v) is 7.09. The van der Waals surface area contributed by atoms with Crippen molar-refractivity contribution in [1.29, 1.82) is 0 Å². The fourth-order valence-electron chi connectivity index (χ4n) is 1.79. The highest BCUT2D eigenvalue weighted by molar-refractivity contribution is 7.99. The minimum atomic E-state index is -0.473. The van der Waals surface area contributed by atoms with Crippen molar-refractivity contribution in [1.82, 2.24) is 15.2 Å². The van der Waals surface area contributed by atoms with Gasteiger partial charge in [0.05, 0.1) is 6.10 Å². The van der Waals surface area contributed by atoms with Gasteiger partial charge in [-0.3, -0.25) is 5.10 Å². The molecule has 1 fully saturated rings. The summed E-state index contributed by atoms with van der Waals surface area (Å²) in [6, 6.07) is 9.67. The van der Waals surface area contributed by atoms with Crippen LogP contribution in [0.1, 0.15) is 36.3 Å². The van der Waals surface area contributed by atoms with Gasteiger partial charge >= 0.3 is 0 Å². The summed E-state index contributed by atoms with van der Waals surface area (Å²) in [5.74, 6) is 2.16. The third kappa shape index (κ3) is 2.73. The number of aliphatic hydroxyl groups excluding tert-OH is 1. The van der Waals surface area contributed by atoms with E-state index in [4.69, 9.17) is 0 Å². The highest BCUT2D eigenvalue weighted by Gasteiger charge is 2.27. The molecule has 1 aliphatic rings. The van der Waals surface area contributed by atoms with Gasteiger partial charge in [0, 0.05) is 11.7 Å². The smallest absolute Gasteiger partial charge is 0.208 e. The highest BCUT2D eigenvalue weighted by atomic mass is 32.2. The molecule has 1 atom stereocenters. The van der Waals surface area contributed by atoms with Gasteiger partial charge < -0.3 is 5.11 Å². The van der Waals surface area contributed by atoms with Gasteiger partial charge in [-0.1, -0.05) is 42.1 Å². The maximum Gasteiger partial charge on any atom is 0.208 e. The lowest BCUT2D eigenvalue weighted by molar-refractivity contribution is 0.204. The second-order valence-electron chi connectivity index (χ2n) is 4.51. The molecule has 18 heavy (non-hydrogen) atoms. The van der Waals surface area contributed by atoms with Gasteiger partial charge in [-0.2, -0.15) is 0 Å². The lowest BCUT2D eigenvalue weighted by Gasteiger charge is -2.08. The number of nitrogens with one attached hydrogen (secondary N) is 1. The Kier molecular flexibility index (Phi) is 3.34. The molecule has 0 amide bonds. The molecule has 4 nitrogen and oxygen atoms in total. The standard InChI is InChI=1S/C13H15N3OS/c17-11(9-4-2-1-3-5-9)8-18-13-14-12(15-16-13)10-6-7-10/h1-5,10-11,17H,6-8H2,(H,14,15,16). The third-order valence-corrected chi connectivity index (χ3v) is 3.92. The SMILES string of the molecule is OC(CSc1n[nH]c(C2CC2)n1)c1ccccc1. The van der Waals surface area contributed by atoms with E-state index in [9.17, 15) is 5.11 Å². The number of hydrogen-bond acceptors (Lipinski definition) is 4. The number of nitrogens with zero attached hydrogens (tertiary/aromatic N) is 2. The number of aromatic nitrogens is 3. The van der Waals surface area contributed by atoms with Crippen LogP contribution in [0.15, 0.2) is 35.5 Å². The molecule has 1 unspecified atom stereocenters. The van der Waals surface area contributed by atoms with E-state index in [1.54, 1.807) is 0 Å². The van der Waals surface area contributed by atoms with Gasteiger partial charge in [-0.25, -0.2) is 4.98 Å². The van der Waals surface area contributed by atoms with Gasteiger partial charge in [-0.15, -0.1) is 5.10 Å². The summed E-state index contributed by atoms with van der Waals surface area (Å²) in [6.07, 6.45) is 1.96. The predicted molar refractivity (Wildman–Crippen MR) is 70.5 cm³/mol. The average molecular weight is 261 g/mol. The fourth-order valence-corrected chi connectivity index (χ4v) is 2.56. The van der Waals surface area contributed by atoms with Crippen molar-refractivity contribution in [2.24, 2.45) is 0 Å². The molecule has 1 aliphatic carbocycles. The van der Waals surface area contributed by atoms with Gasteiger partial charge in [-0.05, 0) is 18.4 Å². The third-order valence-electron chi connectivity index (χ3n) is 3.00. The lowest BCUT2D eigenvalue weighted by Crippen LogP contribution is -2.00. The number of thioether (sulfide) groups is 1. The molecule has 5 heteroatoms. The van der Waals surface area contributed by atoms with Crippen LogP contribution < -0.4 is 0 Å². The van der Waals surface area contributed by atoms with Crippen molar-refractivity contribution < 1.29 is 5.11 Å². The van der Waals surface area contributed by atoms with Crippen LogP contribution in [0.2, 0.25) is 0 Å². The molecular formula is C13H15N3OS. The van der Waals surface area contributed by atoms with E-state index in [-0.39, 0.29) is 0 Å². The zero-order valence-corrected chi connectivity index (χ0v) is 10.7. The molecule has 1 saturated carbocycles. The number of H-pyrrole nitrogens is 1. The summed E-state index contributed by atoms with van der Waals surface area (Å²) in [6.45, 7) is 0. The molecule has 1 aromatic carbocycles. The number of aliphatic hydroxyl groups is 1. The molecule has 0 saturated heterocycles. The zero-order valence-electron chi connectivity index (χ0n) is 9.91. The van der Waals surface area contributed by atoms with Crippen molar-refractivity contribution in [3.63, 3.8) is 0 Å². The number of benzene rings is 1. The number of hydrogen-bond donors (Lipinski definition) is 2.